The number of hydrogen-bond acceptors (Lipinski definition) is 4. The molecule has 0 radical (unpaired) electrons. The number of rotatable bonds is 8. The zero-order chi connectivity index (χ0) is 19.6. The maximum atomic E-state index is 12.1. The van der Waals surface area contributed by atoms with Crippen molar-refractivity contribution in [1.29, 1.82) is 0 Å². The standard InChI is InChI=1S/C20H29N5OS/c1-5-14(3)19(26)25-17-9-7-8-16(10-17)12-23-20(21-6-2)24-13-18-22-11-15(4)27-18/h7-11,14H,5-6,12-13H2,1-4H3,(H,25,26)(H2,21,23,24). The summed E-state index contributed by atoms with van der Waals surface area (Å²) in [6.07, 6.45) is 2.71. The smallest absolute Gasteiger partial charge is 0.227 e. The van der Waals surface area contributed by atoms with Crippen LogP contribution in [0, 0.1) is 12.8 Å². The molecule has 1 unspecified atom stereocenters. The van der Waals surface area contributed by atoms with E-state index in [0.717, 1.165) is 35.2 Å². The number of anilines is 1. The number of thiazole rings is 1. The van der Waals surface area contributed by atoms with Crippen molar-refractivity contribution in [3.8, 4) is 0 Å². The third-order valence-electron chi connectivity index (χ3n) is 4.09. The molecule has 0 aliphatic carbocycles. The normalized spacial score (nSPS) is 12.5. The summed E-state index contributed by atoms with van der Waals surface area (Å²) in [5.74, 6) is 0.803. The van der Waals surface area contributed by atoms with Crippen LogP contribution in [0.5, 0.6) is 0 Å². The predicted molar refractivity (Wildman–Crippen MR) is 113 cm³/mol. The molecule has 0 bridgehead atoms. The Morgan fingerprint density at radius 3 is 2.78 bits per heavy atom. The lowest BCUT2D eigenvalue weighted by atomic mass is 10.1. The van der Waals surface area contributed by atoms with E-state index < -0.39 is 0 Å². The van der Waals surface area contributed by atoms with Gasteiger partial charge in [-0.1, -0.05) is 26.0 Å². The summed E-state index contributed by atoms with van der Waals surface area (Å²) >= 11 is 1.68. The fraction of sp³-hybridized carbons (Fsp3) is 0.450. The number of nitrogens with one attached hydrogen (secondary N) is 3. The van der Waals surface area contributed by atoms with E-state index in [9.17, 15) is 4.79 Å². The van der Waals surface area contributed by atoms with E-state index in [1.165, 1.54) is 4.88 Å². The van der Waals surface area contributed by atoms with Crippen molar-refractivity contribution < 1.29 is 4.79 Å². The van der Waals surface area contributed by atoms with Crippen LogP contribution in [-0.4, -0.2) is 23.4 Å². The van der Waals surface area contributed by atoms with Crippen LogP contribution in [0.2, 0.25) is 0 Å². The molecule has 1 aromatic carbocycles. The average Bonchev–Trinajstić information content (AvgIpc) is 3.08. The van der Waals surface area contributed by atoms with Gasteiger partial charge in [-0.15, -0.1) is 11.3 Å². The van der Waals surface area contributed by atoms with Gasteiger partial charge in [0.05, 0.1) is 13.1 Å². The Hall–Kier alpha value is -2.41. The molecule has 27 heavy (non-hydrogen) atoms. The number of carbonyl (C=O) groups excluding carboxylic acids is 1. The van der Waals surface area contributed by atoms with Gasteiger partial charge < -0.3 is 16.0 Å². The first-order valence-corrected chi connectivity index (χ1v) is 10.2. The minimum Gasteiger partial charge on any atom is -0.357 e. The minimum absolute atomic E-state index is 0.00531. The molecule has 0 spiro atoms. The second-order valence-corrected chi connectivity index (χ2v) is 7.73. The van der Waals surface area contributed by atoms with E-state index in [2.05, 4.69) is 25.9 Å². The predicted octanol–water partition coefficient (Wildman–Crippen LogP) is 3.69. The van der Waals surface area contributed by atoms with Crippen LogP contribution in [0.15, 0.2) is 35.5 Å². The van der Waals surface area contributed by atoms with Crippen LogP contribution in [-0.2, 0) is 17.9 Å². The highest BCUT2D eigenvalue weighted by atomic mass is 32.1. The van der Waals surface area contributed by atoms with Gasteiger partial charge in [-0.3, -0.25) is 4.79 Å². The molecule has 1 heterocycles. The Bertz CT molecular complexity index is 771. The number of hydrogen-bond donors (Lipinski definition) is 3. The number of amides is 1. The number of aryl methyl sites for hydroxylation is 1. The zero-order valence-electron chi connectivity index (χ0n) is 16.5. The average molecular weight is 388 g/mol. The van der Waals surface area contributed by atoms with Gasteiger partial charge >= 0.3 is 0 Å². The third kappa shape index (κ3) is 7.02. The van der Waals surface area contributed by atoms with Crippen LogP contribution in [0.25, 0.3) is 0 Å². The quantitative estimate of drug-likeness (QED) is 0.477. The first kappa shape index (κ1) is 20.9. The molecule has 7 heteroatoms. The van der Waals surface area contributed by atoms with E-state index in [0.29, 0.717) is 13.1 Å². The highest BCUT2D eigenvalue weighted by Gasteiger charge is 2.10. The van der Waals surface area contributed by atoms with E-state index in [-0.39, 0.29) is 11.8 Å². The number of benzene rings is 1. The third-order valence-corrected chi connectivity index (χ3v) is 5.01. The van der Waals surface area contributed by atoms with Crippen molar-refractivity contribution in [3.63, 3.8) is 0 Å². The molecule has 0 fully saturated rings. The summed E-state index contributed by atoms with van der Waals surface area (Å²) < 4.78 is 0. The van der Waals surface area contributed by atoms with E-state index in [1.54, 1.807) is 11.3 Å². The first-order chi connectivity index (χ1) is 13.0. The molecule has 6 nitrogen and oxygen atoms in total. The lowest BCUT2D eigenvalue weighted by Gasteiger charge is -2.12. The number of aromatic nitrogens is 1. The summed E-state index contributed by atoms with van der Waals surface area (Å²) in [4.78, 5) is 22.3. The molecule has 1 amide bonds. The lowest BCUT2D eigenvalue weighted by molar-refractivity contribution is -0.119. The molecular formula is C20H29N5OS. The maximum Gasteiger partial charge on any atom is 0.227 e. The van der Waals surface area contributed by atoms with Gasteiger partial charge in [0.1, 0.15) is 5.01 Å². The lowest BCUT2D eigenvalue weighted by Crippen LogP contribution is -2.36. The van der Waals surface area contributed by atoms with Gasteiger partial charge in [0.15, 0.2) is 5.96 Å². The SMILES string of the molecule is CCNC(=NCc1cccc(NC(=O)C(C)CC)c1)NCc1ncc(C)s1. The second kappa shape index (κ2) is 10.7. The van der Waals surface area contributed by atoms with Crippen LogP contribution >= 0.6 is 11.3 Å². The van der Waals surface area contributed by atoms with Crippen LogP contribution < -0.4 is 16.0 Å². The second-order valence-electron chi connectivity index (χ2n) is 6.41. The highest BCUT2D eigenvalue weighted by molar-refractivity contribution is 7.11. The van der Waals surface area contributed by atoms with Crippen molar-refractivity contribution in [2.45, 2.75) is 47.2 Å². The molecular weight excluding hydrogens is 358 g/mol. The van der Waals surface area contributed by atoms with Crippen molar-refractivity contribution in [2.24, 2.45) is 10.9 Å². The maximum absolute atomic E-state index is 12.1. The first-order valence-electron chi connectivity index (χ1n) is 9.35. The Morgan fingerprint density at radius 2 is 2.11 bits per heavy atom. The summed E-state index contributed by atoms with van der Waals surface area (Å²) in [6, 6.07) is 7.82. The van der Waals surface area contributed by atoms with Gasteiger partial charge in [-0.2, -0.15) is 0 Å². The fourth-order valence-corrected chi connectivity index (χ4v) is 3.08. The van der Waals surface area contributed by atoms with E-state index >= 15 is 0 Å². The molecule has 0 aliphatic rings. The molecule has 2 rings (SSSR count). The molecule has 1 atom stereocenters. The highest BCUT2D eigenvalue weighted by Crippen LogP contribution is 2.14. The summed E-state index contributed by atoms with van der Waals surface area (Å²) in [6.45, 7) is 9.99. The molecule has 0 saturated heterocycles. The number of nitrogens with zero attached hydrogens (tertiary/aromatic N) is 2. The van der Waals surface area contributed by atoms with Crippen LogP contribution in [0.3, 0.4) is 0 Å². The Balaban J connectivity index is 1.97. The van der Waals surface area contributed by atoms with Gasteiger partial charge in [-0.25, -0.2) is 9.98 Å². The van der Waals surface area contributed by atoms with Gasteiger partial charge in [-0.05, 0) is 38.0 Å². The van der Waals surface area contributed by atoms with Crippen molar-refractivity contribution in [3.05, 3.63) is 45.9 Å². The fourth-order valence-electron chi connectivity index (χ4n) is 2.35. The van der Waals surface area contributed by atoms with Gasteiger partial charge in [0, 0.05) is 29.2 Å². The van der Waals surface area contributed by atoms with Gasteiger partial charge in [0.2, 0.25) is 5.91 Å². The number of aliphatic imine (C=N–C) groups is 1. The van der Waals surface area contributed by atoms with Crippen LogP contribution in [0.4, 0.5) is 5.69 Å². The Morgan fingerprint density at radius 1 is 1.30 bits per heavy atom. The molecule has 0 aliphatic heterocycles. The number of carbonyl (C=O) groups is 1. The van der Waals surface area contributed by atoms with E-state index in [1.807, 2.05) is 58.2 Å². The number of guanidine groups is 1. The van der Waals surface area contributed by atoms with Crippen molar-refractivity contribution in [2.75, 3.05) is 11.9 Å². The molecule has 0 saturated carbocycles. The van der Waals surface area contributed by atoms with Gasteiger partial charge in [0.25, 0.3) is 0 Å². The monoisotopic (exact) mass is 387 g/mol. The Labute approximate surface area is 165 Å². The molecule has 2 aromatic rings. The minimum atomic E-state index is 0.00531. The van der Waals surface area contributed by atoms with E-state index in [4.69, 9.17) is 0 Å². The van der Waals surface area contributed by atoms with Crippen molar-refractivity contribution in [1.82, 2.24) is 15.6 Å². The van der Waals surface area contributed by atoms with Crippen LogP contribution in [0.1, 0.15) is 42.6 Å². The molecule has 146 valence electrons. The molecule has 1 aromatic heterocycles. The topological polar surface area (TPSA) is 78.4 Å². The summed E-state index contributed by atoms with van der Waals surface area (Å²) in [7, 11) is 0. The summed E-state index contributed by atoms with van der Waals surface area (Å²) in [5, 5.41) is 10.6. The molecule has 3 N–H and O–H groups in total. The summed E-state index contributed by atoms with van der Waals surface area (Å²) in [5.41, 5.74) is 1.85. The largest absolute Gasteiger partial charge is 0.357 e. The van der Waals surface area contributed by atoms with Crippen molar-refractivity contribution >= 4 is 28.9 Å². The Kier molecular flexibility index (Phi) is 8.26. The zero-order valence-corrected chi connectivity index (χ0v) is 17.3.